The Morgan fingerprint density at radius 2 is 2.11 bits per heavy atom. The van der Waals surface area contributed by atoms with Crippen molar-refractivity contribution in [2.24, 2.45) is 0 Å². The quantitative estimate of drug-likeness (QED) is 0.710. The Hall–Kier alpha value is -2.48. The molecule has 7 nitrogen and oxygen atoms in total. The van der Waals surface area contributed by atoms with E-state index in [0.717, 1.165) is 23.7 Å². The fourth-order valence-electron chi connectivity index (χ4n) is 3.08. The molecule has 8 heteroatoms. The van der Waals surface area contributed by atoms with Crippen molar-refractivity contribution < 1.29 is 9.59 Å². The van der Waals surface area contributed by atoms with Gasteiger partial charge in [-0.25, -0.2) is 9.78 Å². The van der Waals surface area contributed by atoms with Gasteiger partial charge in [-0.15, -0.1) is 0 Å². The Labute approximate surface area is 165 Å². The summed E-state index contributed by atoms with van der Waals surface area (Å²) in [5.41, 5.74) is 1.57. The number of hydrogen-bond donors (Lipinski definition) is 2. The summed E-state index contributed by atoms with van der Waals surface area (Å²) in [4.78, 5) is 40.6. The SMILES string of the molecule is O=C(Cn1cnc2ccc(Br)cc2c1=O)NC(=O)NCCC1=CCCCC1. The number of rotatable bonds is 5. The van der Waals surface area contributed by atoms with E-state index < -0.39 is 11.9 Å². The van der Waals surface area contributed by atoms with E-state index in [4.69, 9.17) is 0 Å². The summed E-state index contributed by atoms with van der Waals surface area (Å²) in [6.07, 6.45) is 8.94. The van der Waals surface area contributed by atoms with E-state index in [0.29, 0.717) is 17.4 Å². The minimum atomic E-state index is -0.567. The van der Waals surface area contributed by atoms with Gasteiger partial charge in [0.25, 0.3) is 5.56 Å². The van der Waals surface area contributed by atoms with Crippen LogP contribution < -0.4 is 16.2 Å². The summed E-state index contributed by atoms with van der Waals surface area (Å²) in [6.45, 7) is 0.212. The molecule has 27 heavy (non-hydrogen) atoms. The minimum absolute atomic E-state index is 0.271. The summed E-state index contributed by atoms with van der Waals surface area (Å²) >= 11 is 3.32. The Bertz CT molecular complexity index is 952. The third-order valence-corrected chi connectivity index (χ3v) is 4.96. The van der Waals surface area contributed by atoms with Crippen LogP contribution in [0.25, 0.3) is 10.9 Å². The minimum Gasteiger partial charge on any atom is -0.337 e. The maximum absolute atomic E-state index is 12.5. The van der Waals surface area contributed by atoms with Gasteiger partial charge >= 0.3 is 6.03 Å². The molecule has 1 aromatic carbocycles. The third-order valence-electron chi connectivity index (χ3n) is 4.47. The van der Waals surface area contributed by atoms with Crippen LogP contribution in [-0.2, 0) is 11.3 Å². The lowest BCUT2D eigenvalue weighted by Gasteiger charge is -2.13. The summed E-state index contributed by atoms with van der Waals surface area (Å²) in [6, 6.07) is 4.62. The van der Waals surface area contributed by atoms with Crippen molar-refractivity contribution in [3.63, 3.8) is 0 Å². The number of amides is 3. The normalized spacial score (nSPS) is 13.9. The van der Waals surface area contributed by atoms with Gasteiger partial charge in [-0.3, -0.25) is 19.5 Å². The van der Waals surface area contributed by atoms with Gasteiger partial charge in [-0.1, -0.05) is 27.6 Å². The molecule has 0 unspecified atom stereocenters. The van der Waals surface area contributed by atoms with Gasteiger partial charge in [-0.2, -0.15) is 0 Å². The standard InChI is InChI=1S/C19H21BrN4O3/c20-14-6-7-16-15(10-14)18(26)24(12-22-16)11-17(25)23-19(27)21-9-8-13-4-2-1-3-5-13/h4,6-7,10,12H,1-3,5,8-9,11H2,(H2,21,23,25,27). The molecule has 0 fully saturated rings. The highest BCUT2D eigenvalue weighted by atomic mass is 79.9. The molecule has 142 valence electrons. The van der Waals surface area contributed by atoms with Crippen molar-refractivity contribution >= 4 is 38.8 Å². The topological polar surface area (TPSA) is 93.1 Å². The summed E-state index contributed by atoms with van der Waals surface area (Å²) in [5, 5.41) is 5.33. The van der Waals surface area contributed by atoms with E-state index in [1.807, 2.05) is 0 Å². The number of halogens is 1. The highest BCUT2D eigenvalue weighted by Gasteiger charge is 2.12. The number of imide groups is 1. The van der Waals surface area contributed by atoms with E-state index in [-0.39, 0.29) is 12.1 Å². The van der Waals surface area contributed by atoms with Gasteiger partial charge in [0.1, 0.15) is 6.54 Å². The molecule has 0 saturated heterocycles. The molecule has 2 aromatic rings. The molecule has 2 N–H and O–H groups in total. The lowest BCUT2D eigenvalue weighted by Crippen LogP contribution is -2.42. The van der Waals surface area contributed by atoms with Crippen LogP contribution in [0, 0.1) is 0 Å². The fraction of sp³-hybridized carbons (Fsp3) is 0.368. The molecule has 1 aliphatic carbocycles. The number of carbonyl (C=O) groups excluding carboxylic acids is 2. The highest BCUT2D eigenvalue weighted by molar-refractivity contribution is 9.10. The summed E-state index contributed by atoms with van der Waals surface area (Å²) < 4.78 is 1.94. The van der Waals surface area contributed by atoms with E-state index in [1.54, 1.807) is 18.2 Å². The fourth-order valence-corrected chi connectivity index (χ4v) is 3.44. The van der Waals surface area contributed by atoms with E-state index in [9.17, 15) is 14.4 Å². The zero-order valence-electron chi connectivity index (χ0n) is 14.8. The van der Waals surface area contributed by atoms with Crippen molar-refractivity contribution in [1.29, 1.82) is 0 Å². The number of aromatic nitrogens is 2. The second-order valence-electron chi connectivity index (χ2n) is 6.50. The number of nitrogens with one attached hydrogen (secondary N) is 2. The first-order valence-electron chi connectivity index (χ1n) is 8.93. The monoisotopic (exact) mass is 432 g/mol. The molecule has 1 aliphatic rings. The van der Waals surface area contributed by atoms with Crippen molar-refractivity contribution in [1.82, 2.24) is 20.2 Å². The Balaban J connectivity index is 1.53. The number of hydrogen-bond acceptors (Lipinski definition) is 4. The maximum Gasteiger partial charge on any atom is 0.321 e. The predicted octanol–water partition coefficient (Wildman–Crippen LogP) is 2.88. The van der Waals surface area contributed by atoms with Gasteiger partial charge < -0.3 is 5.32 Å². The first-order valence-corrected chi connectivity index (χ1v) is 9.72. The van der Waals surface area contributed by atoms with Crippen molar-refractivity contribution in [2.45, 2.75) is 38.6 Å². The number of carbonyl (C=O) groups is 2. The lowest BCUT2D eigenvalue weighted by molar-refractivity contribution is -0.120. The number of fused-ring (bicyclic) bond motifs is 1. The molecule has 0 radical (unpaired) electrons. The average Bonchev–Trinajstić information content (AvgIpc) is 2.65. The van der Waals surface area contributed by atoms with Crippen molar-refractivity contribution in [3.8, 4) is 0 Å². The first kappa shape index (κ1) is 19.3. The van der Waals surface area contributed by atoms with Crippen molar-refractivity contribution in [3.05, 3.63) is 51.0 Å². The van der Waals surface area contributed by atoms with Gasteiger partial charge in [0.15, 0.2) is 0 Å². The molecule has 0 spiro atoms. The zero-order chi connectivity index (χ0) is 19.2. The number of benzene rings is 1. The molecule has 0 atom stereocenters. The number of nitrogens with zero attached hydrogens (tertiary/aromatic N) is 2. The van der Waals surface area contributed by atoms with Crippen LogP contribution in [0.15, 0.2) is 45.4 Å². The molecular formula is C19H21BrN4O3. The Kier molecular flexibility index (Phi) is 6.39. The zero-order valence-corrected chi connectivity index (χ0v) is 16.4. The molecule has 1 aromatic heterocycles. The molecule has 0 bridgehead atoms. The third kappa shape index (κ3) is 5.26. The van der Waals surface area contributed by atoms with E-state index in [2.05, 4.69) is 37.6 Å². The Morgan fingerprint density at radius 1 is 1.26 bits per heavy atom. The van der Waals surface area contributed by atoms with Crippen LogP contribution in [0.2, 0.25) is 0 Å². The molecule has 0 aliphatic heterocycles. The molecule has 1 heterocycles. The van der Waals surface area contributed by atoms with Crippen LogP contribution in [0.1, 0.15) is 32.1 Å². The Morgan fingerprint density at radius 3 is 2.89 bits per heavy atom. The van der Waals surface area contributed by atoms with Gasteiger partial charge in [0.2, 0.25) is 5.91 Å². The average molecular weight is 433 g/mol. The molecule has 0 saturated carbocycles. The predicted molar refractivity (Wildman–Crippen MR) is 106 cm³/mol. The second kappa shape index (κ2) is 8.94. The van der Waals surface area contributed by atoms with Crippen LogP contribution in [-0.4, -0.2) is 28.0 Å². The van der Waals surface area contributed by atoms with Crippen LogP contribution in [0.3, 0.4) is 0 Å². The van der Waals surface area contributed by atoms with E-state index in [1.165, 1.54) is 29.3 Å². The van der Waals surface area contributed by atoms with Gasteiger partial charge in [-0.05, 0) is 50.3 Å². The van der Waals surface area contributed by atoms with E-state index >= 15 is 0 Å². The van der Waals surface area contributed by atoms with Gasteiger partial charge in [0, 0.05) is 11.0 Å². The number of allylic oxidation sites excluding steroid dienone is 1. The first-order chi connectivity index (χ1) is 13.0. The van der Waals surface area contributed by atoms with Gasteiger partial charge in [0.05, 0.1) is 17.2 Å². The highest BCUT2D eigenvalue weighted by Crippen LogP contribution is 2.19. The number of urea groups is 1. The summed E-state index contributed by atoms with van der Waals surface area (Å²) in [7, 11) is 0. The maximum atomic E-state index is 12.5. The lowest BCUT2D eigenvalue weighted by atomic mass is 9.97. The van der Waals surface area contributed by atoms with Crippen LogP contribution in [0.4, 0.5) is 4.79 Å². The van der Waals surface area contributed by atoms with Crippen LogP contribution in [0.5, 0.6) is 0 Å². The van der Waals surface area contributed by atoms with Crippen LogP contribution >= 0.6 is 15.9 Å². The second-order valence-corrected chi connectivity index (χ2v) is 7.42. The molecular weight excluding hydrogens is 412 g/mol. The summed E-state index contributed by atoms with van der Waals surface area (Å²) in [5.74, 6) is -0.567. The molecule has 3 amide bonds. The largest absolute Gasteiger partial charge is 0.337 e. The smallest absolute Gasteiger partial charge is 0.321 e. The molecule has 3 rings (SSSR count). The van der Waals surface area contributed by atoms with Crippen molar-refractivity contribution in [2.75, 3.05) is 6.54 Å².